The van der Waals surface area contributed by atoms with Gasteiger partial charge in [0.15, 0.2) is 11.0 Å². The lowest BCUT2D eigenvalue weighted by atomic mass is 10.3. The van der Waals surface area contributed by atoms with Crippen LogP contribution in [0.3, 0.4) is 0 Å². The SMILES string of the molecule is CNC(=O)CSc1nnc(COc2ccc(OC)cc2)n1-c1ccccc1F. The van der Waals surface area contributed by atoms with Gasteiger partial charge in [-0.25, -0.2) is 4.39 Å². The first-order chi connectivity index (χ1) is 13.6. The number of nitrogens with zero attached hydrogens (tertiary/aromatic N) is 3. The Bertz CT molecular complexity index is 947. The second-order valence-corrected chi connectivity index (χ2v) is 6.55. The second kappa shape index (κ2) is 9.23. The highest BCUT2D eigenvalue weighted by molar-refractivity contribution is 7.99. The van der Waals surface area contributed by atoms with E-state index in [1.165, 1.54) is 17.8 Å². The number of amides is 1. The first-order valence-corrected chi connectivity index (χ1v) is 9.40. The first kappa shape index (κ1) is 19.7. The van der Waals surface area contributed by atoms with E-state index in [1.807, 2.05) is 0 Å². The fraction of sp³-hybridized carbons (Fsp3) is 0.211. The lowest BCUT2D eigenvalue weighted by Gasteiger charge is -2.12. The molecule has 146 valence electrons. The van der Waals surface area contributed by atoms with E-state index in [-0.39, 0.29) is 18.3 Å². The number of aromatic nitrogens is 3. The van der Waals surface area contributed by atoms with Gasteiger partial charge in [0.05, 0.1) is 18.6 Å². The zero-order valence-corrected chi connectivity index (χ0v) is 16.2. The summed E-state index contributed by atoms with van der Waals surface area (Å²) >= 11 is 1.17. The molecule has 0 spiro atoms. The number of hydrogen-bond donors (Lipinski definition) is 1. The van der Waals surface area contributed by atoms with Crippen molar-refractivity contribution in [2.45, 2.75) is 11.8 Å². The Balaban J connectivity index is 1.86. The Morgan fingerprint density at radius 3 is 2.54 bits per heavy atom. The molecule has 7 nitrogen and oxygen atoms in total. The molecule has 0 atom stereocenters. The molecule has 0 bridgehead atoms. The van der Waals surface area contributed by atoms with Gasteiger partial charge in [-0.2, -0.15) is 0 Å². The van der Waals surface area contributed by atoms with Gasteiger partial charge in [-0.3, -0.25) is 9.36 Å². The highest BCUT2D eigenvalue weighted by Gasteiger charge is 2.18. The van der Waals surface area contributed by atoms with E-state index in [1.54, 1.807) is 61.2 Å². The standard InChI is InChI=1S/C19H19FN4O3S/c1-21-18(25)12-28-19-23-22-17(24(19)16-6-4-3-5-15(16)20)11-27-14-9-7-13(26-2)8-10-14/h3-10H,11-12H2,1-2H3,(H,21,25). The van der Waals surface area contributed by atoms with Crippen molar-refractivity contribution in [3.63, 3.8) is 0 Å². The van der Waals surface area contributed by atoms with Crippen LogP contribution >= 0.6 is 11.8 Å². The summed E-state index contributed by atoms with van der Waals surface area (Å²) in [5.41, 5.74) is 0.292. The molecule has 3 rings (SSSR count). The van der Waals surface area contributed by atoms with Gasteiger partial charge >= 0.3 is 0 Å². The number of rotatable bonds is 8. The monoisotopic (exact) mass is 402 g/mol. The maximum absolute atomic E-state index is 14.4. The molecule has 1 N–H and O–H groups in total. The molecule has 28 heavy (non-hydrogen) atoms. The van der Waals surface area contributed by atoms with Gasteiger partial charge in [-0.05, 0) is 36.4 Å². The fourth-order valence-corrected chi connectivity index (χ4v) is 3.22. The van der Waals surface area contributed by atoms with Crippen molar-refractivity contribution in [3.05, 3.63) is 60.2 Å². The number of hydrogen-bond acceptors (Lipinski definition) is 6. The van der Waals surface area contributed by atoms with Crippen molar-refractivity contribution < 1.29 is 18.7 Å². The zero-order chi connectivity index (χ0) is 19.9. The van der Waals surface area contributed by atoms with Crippen LogP contribution in [0.2, 0.25) is 0 Å². The number of carbonyl (C=O) groups excluding carboxylic acids is 1. The zero-order valence-electron chi connectivity index (χ0n) is 15.4. The van der Waals surface area contributed by atoms with Crippen LogP contribution < -0.4 is 14.8 Å². The minimum atomic E-state index is -0.421. The van der Waals surface area contributed by atoms with Gasteiger partial charge in [0, 0.05) is 7.05 Å². The third-order valence-electron chi connectivity index (χ3n) is 3.83. The summed E-state index contributed by atoms with van der Waals surface area (Å²) in [5, 5.41) is 11.2. The van der Waals surface area contributed by atoms with Gasteiger partial charge in [0.25, 0.3) is 0 Å². The van der Waals surface area contributed by atoms with Crippen molar-refractivity contribution >= 4 is 17.7 Å². The van der Waals surface area contributed by atoms with E-state index in [9.17, 15) is 9.18 Å². The van der Waals surface area contributed by atoms with Crippen LogP contribution in [0.4, 0.5) is 4.39 Å². The van der Waals surface area contributed by atoms with Crippen molar-refractivity contribution in [2.24, 2.45) is 0 Å². The summed E-state index contributed by atoms with van der Waals surface area (Å²) in [7, 11) is 3.14. The van der Waals surface area contributed by atoms with Gasteiger partial charge in [-0.15, -0.1) is 10.2 Å². The first-order valence-electron chi connectivity index (χ1n) is 8.41. The maximum atomic E-state index is 14.4. The third-order valence-corrected chi connectivity index (χ3v) is 4.76. The molecular formula is C19H19FN4O3S. The molecule has 2 aromatic carbocycles. The summed E-state index contributed by atoms with van der Waals surface area (Å²) in [6.07, 6.45) is 0. The smallest absolute Gasteiger partial charge is 0.230 e. The van der Waals surface area contributed by atoms with Crippen LogP contribution in [0.5, 0.6) is 11.5 Å². The van der Waals surface area contributed by atoms with Crippen molar-refractivity contribution in [1.82, 2.24) is 20.1 Å². The Labute approximate surface area is 165 Å². The van der Waals surface area contributed by atoms with E-state index in [0.717, 1.165) is 5.75 Å². The van der Waals surface area contributed by atoms with Crippen molar-refractivity contribution in [2.75, 3.05) is 19.9 Å². The Morgan fingerprint density at radius 2 is 1.86 bits per heavy atom. The summed E-state index contributed by atoms with van der Waals surface area (Å²) in [5.74, 6) is 1.31. The number of benzene rings is 2. The van der Waals surface area contributed by atoms with Crippen LogP contribution in [-0.2, 0) is 11.4 Å². The minimum Gasteiger partial charge on any atom is -0.497 e. The molecule has 0 aliphatic heterocycles. The molecule has 0 unspecified atom stereocenters. The number of methoxy groups -OCH3 is 1. The van der Waals surface area contributed by atoms with E-state index < -0.39 is 5.82 Å². The van der Waals surface area contributed by atoms with Gasteiger partial charge in [-0.1, -0.05) is 23.9 Å². The molecule has 0 radical (unpaired) electrons. The van der Waals surface area contributed by atoms with E-state index in [0.29, 0.717) is 22.4 Å². The molecule has 9 heteroatoms. The second-order valence-electron chi connectivity index (χ2n) is 5.61. The third kappa shape index (κ3) is 4.61. The predicted molar refractivity (Wildman–Crippen MR) is 103 cm³/mol. The molecule has 3 aromatic rings. The molecule has 1 heterocycles. The molecule has 0 saturated heterocycles. The highest BCUT2D eigenvalue weighted by Crippen LogP contribution is 2.25. The largest absolute Gasteiger partial charge is 0.497 e. The number of thioether (sulfide) groups is 1. The average Bonchev–Trinajstić information content (AvgIpc) is 3.13. The van der Waals surface area contributed by atoms with Crippen LogP contribution in [0, 0.1) is 5.82 Å². The van der Waals surface area contributed by atoms with E-state index in [2.05, 4.69) is 15.5 Å². The van der Waals surface area contributed by atoms with E-state index in [4.69, 9.17) is 9.47 Å². The molecule has 0 aliphatic rings. The van der Waals surface area contributed by atoms with Crippen molar-refractivity contribution in [1.29, 1.82) is 0 Å². The number of nitrogens with one attached hydrogen (secondary N) is 1. The quantitative estimate of drug-likeness (QED) is 0.584. The van der Waals surface area contributed by atoms with Crippen LogP contribution in [0.25, 0.3) is 5.69 Å². The maximum Gasteiger partial charge on any atom is 0.230 e. The molecule has 0 aliphatic carbocycles. The van der Waals surface area contributed by atoms with E-state index >= 15 is 0 Å². The number of halogens is 1. The lowest BCUT2D eigenvalue weighted by molar-refractivity contribution is -0.118. The van der Waals surface area contributed by atoms with Crippen molar-refractivity contribution in [3.8, 4) is 17.2 Å². The average molecular weight is 402 g/mol. The fourth-order valence-electron chi connectivity index (χ4n) is 2.38. The topological polar surface area (TPSA) is 78.3 Å². The molecule has 1 amide bonds. The van der Waals surface area contributed by atoms with Gasteiger partial charge in [0.2, 0.25) is 5.91 Å². The molecule has 0 saturated carbocycles. The normalized spacial score (nSPS) is 10.5. The number of carbonyl (C=O) groups is 1. The van der Waals surface area contributed by atoms with Crippen LogP contribution in [0.15, 0.2) is 53.7 Å². The molecule has 1 aromatic heterocycles. The van der Waals surface area contributed by atoms with Crippen LogP contribution in [-0.4, -0.2) is 40.6 Å². The Kier molecular flexibility index (Phi) is 6.49. The predicted octanol–water partition coefficient (Wildman–Crippen LogP) is 2.83. The molecular weight excluding hydrogens is 383 g/mol. The minimum absolute atomic E-state index is 0.0776. The highest BCUT2D eigenvalue weighted by atomic mass is 32.2. The Morgan fingerprint density at radius 1 is 1.14 bits per heavy atom. The molecule has 0 fully saturated rings. The van der Waals surface area contributed by atoms with Gasteiger partial charge in [0.1, 0.15) is 23.9 Å². The summed E-state index contributed by atoms with van der Waals surface area (Å²) < 4.78 is 26.9. The summed E-state index contributed by atoms with van der Waals surface area (Å²) in [6, 6.07) is 13.4. The van der Waals surface area contributed by atoms with Gasteiger partial charge < -0.3 is 14.8 Å². The number of ether oxygens (including phenoxy) is 2. The lowest BCUT2D eigenvalue weighted by Crippen LogP contribution is -2.20. The number of para-hydroxylation sites is 1. The summed E-state index contributed by atoms with van der Waals surface area (Å²) in [4.78, 5) is 11.6. The van der Waals surface area contributed by atoms with Crippen LogP contribution in [0.1, 0.15) is 5.82 Å². The Hall–Kier alpha value is -3.07. The summed E-state index contributed by atoms with van der Waals surface area (Å²) in [6.45, 7) is 0.0776.